The molecule has 0 aromatic carbocycles. The lowest BCUT2D eigenvalue weighted by Gasteiger charge is -2.18. The summed E-state index contributed by atoms with van der Waals surface area (Å²) in [5.41, 5.74) is 5.32. The Bertz CT molecular complexity index is 113. The summed E-state index contributed by atoms with van der Waals surface area (Å²) in [6.45, 7) is 3.55. The van der Waals surface area contributed by atoms with Crippen LogP contribution in [0.4, 0.5) is 4.39 Å². The molecule has 0 fully saturated rings. The van der Waals surface area contributed by atoms with Gasteiger partial charge < -0.3 is 5.73 Å². The van der Waals surface area contributed by atoms with Crippen molar-refractivity contribution >= 4 is 17.2 Å². The second-order valence-electron chi connectivity index (χ2n) is 2.43. The number of nitrogens with zero attached hydrogens (tertiary/aromatic N) is 1. The Morgan fingerprint density at radius 3 is 2.55 bits per heavy atom. The topological polar surface area (TPSA) is 29.3 Å². The van der Waals surface area contributed by atoms with Crippen molar-refractivity contribution in [2.45, 2.75) is 13.3 Å². The van der Waals surface area contributed by atoms with Gasteiger partial charge in [-0.15, -0.1) is 0 Å². The molecule has 0 aromatic rings. The van der Waals surface area contributed by atoms with Crippen LogP contribution in [-0.4, -0.2) is 36.2 Å². The van der Waals surface area contributed by atoms with E-state index in [1.165, 1.54) is 0 Å². The Kier molecular flexibility index (Phi) is 6.36. The summed E-state index contributed by atoms with van der Waals surface area (Å²) >= 11 is 4.71. The fourth-order valence-electron chi connectivity index (χ4n) is 0.926. The number of alkyl halides is 1. The minimum absolute atomic E-state index is 0.331. The van der Waals surface area contributed by atoms with Crippen LogP contribution in [0.2, 0.25) is 0 Å². The van der Waals surface area contributed by atoms with Crippen molar-refractivity contribution in [3.05, 3.63) is 0 Å². The van der Waals surface area contributed by atoms with Crippen LogP contribution in [0.15, 0.2) is 0 Å². The number of hydrogen-bond donors (Lipinski definition) is 1. The van der Waals surface area contributed by atoms with Gasteiger partial charge in [0.25, 0.3) is 0 Å². The molecule has 0 unspecified atom stereocenters. The molecular weight excluding hydrogens is 163 g/mol. The van der Waals surface area contributed by atoms with Gasteiger partial charge in [-0.25, -0.2) is 4.39 Å². The van der Waals surface area contributed by atoms with Crippen LogP contribution in [0.3, 0.4) is 0 Å². The molecular formula is C7H15FN2S. The van der Waals surface area contributed by atoms with Crippen LogP contribution in [-0.2, 0) is 0 Å². The highest BCUT2D eigenvalue weighted by molar-refractivity contribution is 7.80. The molecule has 0 atom stereocenters. The summed E-state index contributed by atoms with van der Waals surface area (Å²) in [7, 11) is 0. The lowest BCUT2D eigenvalue weighted by molar-refractivity contribution is 0.278. The van der Waals surface area contributed by atoms with Gasteiger partial charge >= 0.3 is 0 Å². The summed E-state index contributed by atoms with van der Waals surface area (Å²) in [4.78, 5) is 2.36. The second-order valence-corrected chi connectivity index (χ2v) is 2.96. The minimum Gasteiger partial charge on any atom is -0.392 e. The summed E-state index contributed by atoms with van der Waals surface area (Å²) in [6.07, 6.45) is 1.00. The van der Waals surface area contributed by atoms with E-state index in [2.05, 4.69) is 0 Å². The third kappa shape index (κ3) is 6.19. The van der Waals surface area contributed by atoms with Crippen LogP contribution in [0, 0.1) is 0 Å². The van der Waals surface area contributed by atoms with E-state index in [9.17, 15) is 4.39 Å². The molecule has 0 aromatic heterocycles. The molecule has 4 heteroatoms. The largest absolute Gasteiger partial charge is 0.392 e. The van der Waals surface area contributed by atoms with E-state index in [0.29, 0.717) is 18.1 Å². The van der Waals surface area contributed by atoms with Crippen LogP contribution >= 0.6 is 12.2 Å². The fourth-order valence-corrected chi connectivity index (χ4v) is 1.11. The Morgan fingerprint density at radius 1 is 1.55 bits per heavy atom. The van der Waals surface area contributed by atoms with Crippen molar-refractivity contribution < 1.29 is 4.39 Å². The van der Waals surface area contributed by atoms with Gasteiger partial charge in [-0.3, -0.25) is 4.90 Å². The molecule has 2 nitrogen and oxygen atoms in total. The first kappa shape index (κ1) is 10.8. The third-order valence-electron chi connectivity index (χ3n) is 1.32. The number of halogens is 1. The van der Waals surface area contributed by atoms with E-state index in [4.69, 9.17) is 18.0 Å². The Morgan fingerprint density at radius 2 is 2.18 bits per heavy atom. The van der Waals surface area contributed by atoms with Crippen molar-refractivity contribution in [1.82, 2.24) is 4.90 Å². The van der Waals surface area contributed by atoms with Crippen LogP contribution < -0.4 is 5.73 Å². The quantitative estimate of drug-likeness (QED) is 0.614. The average Bonchev–Trinajstić information content (AvgIpc) is 1.87. The minimum atomic E-state index is -0.331. The average molecular weight is 178 g/mol. The predicted molar refractivity (Wildman–Crippen MR) is 49.5 cm³/mol. The van der Waals surface area contributed by atoms with Crippen molar-refractivity contribution in [2.75, 3.05) is 26.3 Å². The molecule has 0 heterocycles. The number of thiocarbonyl (C=S) groups is 1. The van der Waals surface area contributed by atoms with Gasteiger partial charge in [-0.1, -0.05) is 19.1 Å². The molecule has 0 rings (SSSR count). The molecule has 0 aliphatic rings. The molecule has 0 saturated heterocycles. The maximum absolute atomic E-state index is 11.9. The Labute approximate surface area is 72.6 Å². The summed E-state index contributed by atoms with van der Waals surface area (Å²) in [5.74, 6) is 0. The van der Waals surface area contributed by atoms with Crippen LogP contribution in [0.1, 0.15) is 13.3 Å². The van der Waals surface area contributed by atoms with Gasteiger partial charge in [0.2, 0.25) is 0 Å². The molecule has 0 saturated carbocycles. The summed E-state index contributed by atoms with van der Waals surface area (Å²) in [6, 6.07) is 0. The second kappa shape index (κ2) is 6.49. The van der Waals surface area contributed by atoms with E-state index in [1.807, 2.05) is 11.8 Å². The molecule has 0 aliphatic heterocycles. The zero-order valence-electron chi connectivity index (χ0n) is 6.85. The van der Waals surface area contributed by atoms with Gasteiger partial charge in [0.15, 0.2) is 0 Å². The van der Waals surface area contributed by atoms with Crippen molar-refractivity contribution in [2.24, 2.45) is 5.73 Å². The molecule has 0 aliphatic carbocycles. The highest BCUT2D eigenvalue weighted by Gasteiger charge is 2.03. The summed E-state index contributed by atoms with van der Waals surface area (Å²) < 4.78 is 11.9. The van der Waals surface area contributed by atoms with Crippen LogP contribution in [0.25, 0.3) is 0 Å². The zero-order chi connectivity index (χ0) is 8.69. The van der Waals surface area contributed by atoms with Crippen molar-refractivity contribution in [3.8, 4) is 0 Å². The lowest BCUT2D eigenvalue weighted by Crippen LogP contribution is -2.34. The lowest BCUT2D eigenvalue weighted by atomic mass is 10.4. The third-order valence-corrected chi connectivity index (χ3v) is 1.45. The standard InChI is InChI=1S/C7H15FN2S/c1-2-4-10(5-3-8)6-7(9)11/h2-6H2,1H3,(H2,9,11). The number of nitrogens with two attached hydrogens (primary N) is 1. The first-order chi connectivity index (χ1) is 5.20. The first-order valence-corrected chi connectivity index (χ1v) is 4.18. The van der Waals surface area contributed by atoms with Crippen molar-refractivity contribution in [3.63, 3.8) is 0 Å². The molecule has 0 bridgehead atoms. The van der Waals surface area contributed by atoms with Crippen LogP contribution in [0.5, 0.6) is 0 Å². The molecule has 66 valence electrons. The van der Waals surface area contributed by atoms with E-state index in [-0.39, 0.29) is 6.67 Å². The zero-order valence-corrected chi connectivity index (χ0v) is 7.66. The van der Waals surface area contributed by atoms with E-state index in [0.717, 1.165) is 13.0 Å². The van der Waals surface area contributed by atoms with Gasteiger partial charge in [-0.05, 0) is 13.0 Å². The molecule has 11 heavy (non-hydrogen) atoms. The molecule has 2 N–H and O–H groups in total. The number of rotatable bonds is 6. The monoisotopic (exact) mass is 178 g/mol. The maximum Gasteiger partial charge on any atom is 0.102 e. The molecule has 0 spiro atoms. The summed E-state index contributed by atoms with van der Waals surface area (Å²) in [5, 5.41) is 0. The van der Waals surface area contributed by atoms with E-state index >= 15 is 0 Å². The normalized spacial score (nSPS) is 10.5. The Balaban J connectivity index is 3.59. The van der Waals surface area contributed by atoms with Gasteiger partial charge in [0.05, 0.1) is 4.99 Å². The van der Waals surface area contributed by atoms with Crippen molar-refractivity contribution in [1.29, 1.82) is 0 Å². The van der Waals surface area contributed by atoms with E-state index < -0.39 is 0 Å². The smallest absolute Gasteiger partial charge is 0.102 e. The molecule has 0 amide bonds. The highest BCUT2D eigenvalue weighted by atomic mass is 32.1. The first-order valence-electron chi connectivity index (χ1n) is 3.77. The van der Waals surface area contributed by atoms with Gasteiger partial charge in [0.1, 0.15) is 6.67 Å². The highest BCUT2D eigenvalue weighted by Crippen LogP contribution is 1.91. The predicted octanol–water partition coefficient (Wildman–Crippen LogP) is 0.954. The van der Waals surface area contributed by atoms with E-state index in [1.54, 1.807) is 0 Å². The fraction of sp³-hybridized carbons (Fsp3) is 0.857. The number of hydrogen-bond acceptors (Lipinski definition) is 2. The maximum atomic E-state index is 11.9. The molecule has 0 radical (unpaired) electrons. The Hall–Kier alpha value is -0.220. The van der Waals surface area contributed by atoms with Gasteiger partial charge in [0, 0.05) is 13.1 Å². The van der Waals surface area contributed by atoms with Gasteiger partial charge in [-0.2, -0.15) is 0 Å². The SMILES string of the molecule is CCCN(CCF)CC(N)=S.